The van der Waals surface area contributed by atoms with Gasteiger partial charge in [-0.05, 0) is 75.8 Å². The van der Waals surface area contributed by atoms with Crippen LogP contribution in [0.4, 0.5) is 0 Å². The van der Waals surface area contributed by atoms with Gasteiger partial charge in [-0.2, -0.15) is 0 Å². The Morgan fingerprint density at radius 2 is 1.19 bits per heavy atom. The SMILES string of the molecule is C=NC(=NC(=NCc1ccccc1)c1ccc2oc3ccccc3c2c1)c1cccc2oc3c(-c4cc5ccccc5c5ccccc45)cccc3c12. The first kappa shape index (κ1) is 30.7. The van der Waals surface area contributed by atoms with Crippen molar-refractivity contribution in [1.82, 2.24) is 0 Å². The molecule has 0 fully saturated rings. The summed E-state index contributed by atoms with van der Waals surface area (Å²) in [6, 6.07) is 56.1. The van der Waals surface area contributed by atoms with E-state index in [1.54, 1.807) is 0 Å². The normalized spacial score (nSPS) is 12.5. The number of benzene rings is 8. The Morgan fingerprint density at radius 3 is 2.06 bits per heavy atom. The Kier molecular flexibility index (Phi) is 7.29. The summed E-state index contributed by atoms with van der Waals surface area (Å²) in [7, 11) is 0. The smallest absolute Gasteiger partial charge is 0.161 e. The summed E-state index contributed by atoms with van der Waals surface area (Å²) in [5.41, 5.74) is 8.13. The summed E-state index contributed by atoms with van der Waals surface area (Å²) in [4.78, 5) is 14.8. The van der Waals surface area contributed by atoms with Gasteiger partial charge in [0.25, 0.3) is 0 Å². The Labute approximate surface area is 304 Å². The number of rotatable bonds is 5. The molecule has 2 heterocycles. The first-order chi connectivity index (χ1) is 26.2. The van der Waals surface area contributed by atoms with Gasteiger partial charge in [0.2, 0.25) is 0 Å². The number of amidine groups is 2. The van der Waals surface area contributed by atoms with Gasteiger partial charge in [0.1, 0.15) is 22.3 Å². The number of furan rings is 2. The molecule has 0 amide bonds. The quantitative estimate of drug-likeness (QED) is 0.103. The second kappa shape index (κ2) is 12.6. The zero-order valence-electron chi connectivity index (χ0n) is 28.7. The molecule has 0 N–H and O–H groups in total. The second-order valence-electron chi connectivity index (χ2n) is 13.2. The number of para-hydroxylation sites is 2. The lowest BCUT2D eigenvalue weighted by atomic mass is 9.92. The van der Waals surface area contributed by atoms with E-state index in [9.17, 15) is 0 Å². The Hall–Kier alpha value is -7.11. The molecule has 5 nitrogen and oxygen atoms in total. The predicted molar refractivity (Wildman–Crippen MR) is 221 cm³/mol. The van der Waals surface area contributed by atoms with Gasteiger partial charge in [-0.25, -0.2) is 9.98 Å². The molecule has 10 rings (SSSR count). The van der Waals surface area contributed by atoms with Crippen LogP contribution >= 0.6 is 0 Å². The fourth-order valence-electron chi connectivity index (χ4n) is 7.61. The molecule has 0 unspecified atom stereocenters. The molecular formula is C48H31N3O2. The van der Waals surface area contributed by atoms with Crippen molar-refractivity contribution in [2.24, 2.45) is 15.0 Å². The van der Waals surface area contributed by atoms with E-state index in [-0.39, 0.29) is 0 Å². The number of hydrogen-bond acceptors (Lipinski definition) is 3. The Balaban J connectivity index is 1.16. The van der Waals surface area contributed by atoms with Crippen molar-refractivity contribution in [2.75, 3.05) is 0 Å². The van der Waals surface area contributed by atoms with Crippen LogP contribution in [0.2, 0.25) is 0 Å². The van der Waals surface area contributed by atoms with Crippen LogP contribution in [0.25, 0.3) is 76.5 Å². The summed E-state index contributed by atoms with van der Waals surface area (Å²) in [6.45, 7) is 4.46. The van der Waals surface area contributed by atoms with E-state index in [1.807, 2.05) is 66.7 Å². The van der Waals surface area contributed by atoms with Gasteiger partial charge in [-0.3, -0.25) is 4.99 Å². The molecule has 0 saturated heterocycles. The van der Waals surface area contributed by atoms with Crippen molar-refractivity contribution in [3.63, 3.8) is 0 Å². The van der Waals surface area contributed by atoms with Gasteiger partial charge in [0.15, 0.2) is 11.7 Å². The van der Waals surface area contributed by atoms with Crippen LogP contribution in [-0.4, -0.2) is 18.4 Å². The minimum Gasteiger partial charge on any atom is -0.456 e. The highest BCUT2D eigenvalue weighted by Gasteiger charge is 2.20. The van der Waals surface area contributed by atoms with Gasteiger partial charge < -0.3 is 8.83 Å². The highest BCUT2D eigenvalue weighted by atomic mass is 16.3. The van der Waals surface area contributed by atoms with Crippen molar-refractivity contribution < 1.29 is 8.83 Å². The first-order valence-corrected chi connectivity index (χ1v) is 17.6. The lowest BCUT2D eigenvalue weighted by molar-refractivity contribution is 0.669. The average molecular weight is 682 g/mol. The van der Waals surface area contributed by atoms with Gasteiger partial charge in [0, 0.05) is 38.2 Å². The minimum absolute atomic E-state index is 0.455. The molecule has 0 radical (unpaired) electrons. The van der Waals surface area contributed by atoms with E-state index in [2.05, 4.69) is 109 Å². The van der Waals surface area contributed by atoms with Gasteiger partial charge >= 0.3 is 0 Å². The molecule has 0 bridgehead atoms. The van der Waals surface area contributed by atoms with Gasteiger partial charge in [0.05, 0.1) is 6.54 Å². The Bertz CT molecular complexity index is 3110. The highest BCUT2D eigenvalue weighted by Crippen LogP contribution is 2.42. The summed E-state index contributed by atoms with van der Waals surface area (Å²) in [5.74, 6) is 1.01. The molecule has 0 atom stereocenters. The van der Waals surface area contributed by atoms with Gasteiger partial charge in [-0.15, -0.1) is 0 Å². The third-order valence-electron chi connectivity index (χ3n) is 10.1. The third kappa shape index (κ3) is 5.21. The van der Waals surface area contributed by atoms with E-state index in [0.717, 1.165) is 71.7 Å². The van der Waals surface area contributed by atoms with Crippen molar-refractivity contribution >= 4 is 83.8 Å². The molecule has 0 aliphatic heterocycles. The van der Waals surface area contributed by atoms with Crippen LogP contribution in [-0.2, 0) is 6.54 Å². The zero-order valence-corrected chi connectivity index (χ0v) is 28.7. The topological polar surface area (TPSA) is 63.4 Å². The molecule has 2 aromatic heterocycles. The standard InChI is InChI=1S/C48H31N3O2/c1-49-48(51-47(50-29-30-13-3-2-4-14-30)32-25-26-43-41(28-32)36-19-9-10-23-42(36)52-43)39-22-12-24-44-45(39)38-21-11-20-37(46(38)53-44)40-27-31-15-5-6-16-33(31)34-17-7-8-18-35(34)40/h2-28H,1,29H2. The largest absolute Gasteiger partial charge is 0.456 e. The predicted octanol–water partition coefficient (Wildman–Crippen LogP) is 12.6. The Morgan fingerprint density at radius 1 is 0.491 bits per heavy atom. The van der Waals surface area contributed by atoms with Crippen LogP contribution in [0.3, 0.4) is 0 Å². The minimum atomic E-state index is 0.455. The molecule has 5 heteroatoms. The molecule has 10 aromatic rings. The van der Waals surface area contributed by atoms with E-state index in [0.29, 0.717) is 18.2 Å². The molecule has 0 spiro atoms. The summed E-state index contributed by atoms with van der Waals surface area (Å²) >= 11 is 0. The van der Waals surface area contributed by atoms with E-state index in [1.165, 1.54) is 21.5 Å². The van der Waals surface area contributed by atoms with Crippen molar-refractivity contribution in [1.29, 1.82) is 0 Å². The van der Waals surface area contributed by atoms with Crippen molar-refractivity contribution in [2.45, 2.75) is 6.54 Å². The molecule has 0 aliphatic carbocycles. The van der Waals surface area contributed by atoms with Gasteiger partial charge in [-0.1, -0.05) is 127 Å². The number of aliphatic imine (C=N–C) groups is 3. The maximum atomic E-state index is 6.75. The molecule has 53 heavy (non-hydrogen) atoms. The maximum Gasteiger partial charge on any atom is 0.161 e. The monoisotopic (exact) mass is 681 g/mol. The average Bonchev–Trinajstić information content (AvgIpc) is 3.79. The third-order valence-corrected chi connectivity index (χ3v) is 10.1. The number of hydrogen-bond donors (Lipinski definition) is 0. The van der Waals surface area contributed by atoms with Crippen LogP contribution in [0, 0.1) is 0 Å². The summed E-state index contributed by atoms with van der Waals surface area (Å²) in [6.07, 6.45) is 0. The van der Waals surface area contributed by atoms with E-state index in [4.69, 9.17) is 18.8 Å². The molecule has 250 valence electrons. The second-order valence-corrected chi connectivity index (χ2v) is 13.2. The van der Waals surface area contributed by atoms with Crippen LogP contribution in [0.15, 0.2) is 188 Å². The lowest BCUT2D eigenvalue weighted by Gasteiger charge is -2.11. The van der Waals surface area contributed by atoms with E-state index >= 15 is 0 Å². The van der Waals surface area contributed by atoms with E-state index < -0.39 is 0 Å². The summed E-state index contributed by atoms with van der Waals surface area (Å²) in [5, 5.41) is 8.76. The van der Waals surface area contributed by atoms with Crippen LogP contribution in [0.1, 0.15) is 16.7 Å². The molecular weight excluding hydrogens is 651 g/mol. The fraction of sp³-hybridized carbons (Fsp3) is 0.0208. The fourth-order valence-corrected chi connectivity index (χ4v) is 7.61. The first-order valence-electron chi connectivity index (χ1n) is 17.6. The van der Waals surface area contributed by atoms with Crippen LogP contribution < -0.4 is 0 Å². The molecule has 0 aliphatic rings. The number of fused-ring (bicyclic) bond motifs is 9. The highest BCUT2D eigenvalue weighted by molar-refractivity contribution is 6.24. The molecule has 8 aromatic carbocycles. The van der Waals surface area contributed by atoms with Crippen molar-refractivity contribution in [3.8, 4) is 11.1 Å². The maximum absolute atomic E-state index is 6.75. The zero-order chi connectivity index (χ0) is 35.3. The number of nitrogens with zero attached hydrogens (tertiary/aromatic N) is 3. The summed E-state index contributed by atoms with van der Waals surface area (Å²) < 4.78 is 12.9. The van der Waals surface area contributed by atoms with Crippen LogP contribution in [0.5, 0.6) is 0 Å². The molecule has 0 saturated carbocycles. The van der Waals surface area contributed by atoms with Crippen molar-refractivity contribution in [3.05, 3.63) is 180 Å². The lowest BCUT2D eigenvalue weighted by Crippen LogP contribution is -2.06.